The number of nitrogens with one attached hydrogen (secondary N) is 1. The summed E-state index contributed by atoms with van der Waals surface area (Å²) < 4.78 is 12.5. The Bertz CT molecular complexity index is 622. The first kappa shape index (κ1) is 14.7. The Morgan fingerprint density at radius 2 is 2.43 bits per heavy atom. The standard InChI is InChI=1S/C15H17BrN2O2S/c1-4-5-18-14(21)17-12-8-15(18,2)20-13-10(12)6-9(19-3)7-11(13)16/h4,6-7,12H,1,5,8H2,2-3H3,(H,17,21). The highest BCUT2D eigenvalue weighted by Gasteiger charge is 2.47. The SMILES string of the molecule is C=CCN1C(=S)NC2CC1(C)Oc1c(Br)cc(OC)cc12. The number of hydrogen-bond donors (Lipinski definition) is 1. The average molecular weight is 369 g/mol. The van der Waals surface area contributed by atoms with Gasteiger partial charge in [-0.15, -0.1) is 6.58 Å². The minimum atomic E-state index is -0.467. The molecule has 1 saturated heterocycles. The average Bonchev–Trinajstić information content (AvgIpc) is 2.44. The first-order valence-corrected chi connectivity index (χ1v) is 7.94. The van der Waals surface area contributed by atoms with Crippen LogP contribution in [0.1, 0.15) is 24.9 Å². The molecule has 4 nitrogen and oxygen atoms in total. The number of benzene rings is 1. The molecular formula is C15H17BrN2O2S. The lowest BCUT2D eigenvalue weighted by atomic mass is 9.90. The fourth-order valence-electron chi connectivity index (χ4n) is 2.96. The van der Waals surface area contributed by atoms with E-state index in [1.54, 1.807) is 7.11 Å². The minimum Gasteiger partial charge on any atom is -0.497 e. The van der Waals surface area contributed by atoms with Gasteiger partial charge in [0.2, 0.25) is 0 Å². The predicted octanol–water partition coefficient (Wildman–Crippen LogP) is 3.37. The number of thiocarbonyl (C=S) groups is 1. The van der Waals surface area contributed by atoms with Gasteiger partial charge < -0.3 is 19.7 Å². The van der Waals surface area contributed by atoms with E-state index in [9.17, 15) is 0 Å². The van der Waals surface area contributed by atoms with Gasteiger partial charge in [-0.3, -0.25) is 0 Å². The molecule has 2 aliphatic rings. The molecule has 0 amide bonds. The smallest absolute Gasteiger partial charge is 0.184 e. The number of methoxy groups -OCH3 is 1. The van der Waals surface area contributed by atoms with Gasteiger partial charge in [0.05, 0.1) is 17.6 Å². The summed E-state index contributed by atoms with van der Waals surface area (Å²) >= 11 is 9.06. The van der Waals surface area contributed by atoms with Gasteiger partial charge in [0.1, 0.15) is 11.5 Å². The molecule has 2 unspecified atom stereocenters. The van der Waals surface area contributed by atoms with Crippen LogP contribution in [0.2, 0.25) is 0 Å². The predicted molar refractivity (Wildman–Crippen MR) is 89.7 cm³/mol. The lowest BCUT2D eigenvalue weighted by Crippen LogP contribution is -2.64. The van der Waals surface area contributed by atoms with Crippen molar-refractivity contribution in [1.29, 1.82) is 0 Å². The number of fused-ring (bicyclic) bond motifs is 4. The lowest BCUT2D eigenvalue weighted by molar-refractivity contribution is -0.0637. The first-order valence-electron chi connectivity index (χ1n) is 6.74. The molecular weight excluding hydrogens is 352 g/mol. The first-order chi connectivity index (χ1) is 9.98. The van der Waals surface area contributed by atoms with Crippen LogP contribution < -0.4 is 14.8 Å². The normalized spacial score (nSPS) is 26.5. The maximum Gasteiger partial charge on any atom is 0.184 e. The zero-order valence-electron chi connectivity index (χ0n) is 12.0. The van der Waals surface area contributed by atoms with E-state index >= 15 is 0 Å². The summed E-state index contributed by atoms with van der Waals surface area (Å²) in [5, 5.41) is 4.09. The Morgan fingerprint density at radius 3 is 3.10 bits per heavy atom. The monoisotopic (exact) mass is 368 g/mol. The van der Waals surface area contributed by atoms with Crippen molar-refractivity contribution in [3.05, 3.63) is 34.8 Å². The summed E-state index contributed by atoms with van der Waals surface area (Å²) in [7, 11) is 1.66. The van der Waals surface area contributed by atoms with E-state index in [0.29, 0.717) is 11.7 Å². The minimum absolute atomic E-state index is 0.124. The fraction of sp³-hybridized carbons (Fsp3) is 0.400. The summed E-state index contributed by atoms with van der Waals surface area (Å²) in [6.45, 7) is 6.52. The number of ether oxygens (including phenoxy) is 2. The highest BCUT2D eigenvalue weighted by Crippen LogP contribution is 2.48. The summed E-state index contributed by atoms with van der Waals surface area (Å²) in [6.07, 6.45) is 2.65. The van der Waals surface area contributed by atoms with Gasteiger partial charge in [-0.2, -0.15) is 0 Å². The molecule has 0 spiro atoms. The third-order valence-corrected chi connectivity index (χ3v) is 4.91. The molecule has 2 aliphatic heterocycles. The molecule has 0 aromatic heterocycles. The highest BCUT2D eigenvalue weighted by molar-refractivity contribution is 9.10. The van der Waals surface area contributed by atoms with E-state index in [1.165, 1.54) is 0 Å². The summed E-state index contributed by atoms with van der Waals surface area (Å²) in [6, 6.07) is 4.04. The quantitative estimate of drug-likeness (QED) is 0.653. The van der Waals surface area contributed by atoms with Gasteiger partial charge in [-0.05, 0) is 47.2 Å². The van der Waals surface area contributed by atoms with Crippen molar-refractivity contribution in [1.82, 2.24) is 10.2 Å². The van der Waals surface area contributed by atoms with Crippen LogP contribution in [-0.2, 0) is 0 Å². The van der Waals surface area contributed by atoms with Gasteiger partial charge in [0.15, 0.2) is 10.8 Å². The zero-order valence-corrected chi connectivity index (χ0v) is 14.4. The molecule has 2 atom stereocenters. The second-order valence-electron chi connectivity index (χ2n) is 5.41. The van der Waals surface area contributed by atoms with Crippen LogP contribution in [0.15, 0.2) is 29.3 Å². The molecule has 21 heavy (non-hydrogen) atoms. The van der Waals surface area contributed by atoms with Gasteiger partial charge in [-0.1, -0.05) is 6.08 Å². The summed E-state index contributed by atoms with van der Waals surface area (Å²) in [5.74, 6) is 1.65. The topological polar surface area (TPSA) is 33.7 Å². The highest BCUT2D eigenvalue weighted by atomic mass is 79.9. The van der Waals surface area contributed by atoms with Crippen LogP contribution in [0.5, 0.6) is 11.5 Å². The van der Waals surface area contributed by atoms with Crippen LogP contribution in [0.25, 0.3) is 0 Å². The number of rotatable bonds is 3. The van der Waals surface area contributed by atoms with Gasteiger partial charge >= 0.3 is 0 Å². The van der Waals surface area contributed by atoms with E-state index in [1.807, 2.05) is 23.1 Å². The fourth-order valence-corrected chi connectivity index (χ4v) is 3.91. The number of hydrogen-bond acceptors (Lipinski definition) is 3. The Morgan fingerprint density at radius 1 is 1.67 bits per heavy atom. The number of halogens is 1. The van der Waals surface area contributed by atoms with Gasteiger partial charge in [-0.25, -0.2) is 0 Å². The van der Waals surface area contributed by atoms with Crippen LogP contribution >= 0.6 is 28.1 Å². The van der Waals surface area contributed by atoms with Crippen molar-refractivity contribution in [3.8, 4) is 11.5 Å². The molecule has 112 valence electrons. The molecule has 6 heteroatoms. The van der Waals surface area contributed by atoms with Crippen LogP contribution in [-0.4, -0.2) is 29.4 Å². The van der Waals surface area contributed by atoms with Crippen molar-refractivity contribution in [2.75, 3.05) is 13.7 Å². The van der Waals surface area contributed by atoms with Crippen LogP contribution in [0, 0.1) is 0 Å². The molecule has 1 fully saturated rings. The van der Waals surface area contributed by atoms with Crippen molar-refractivity contribution < 1.29 is 9.47 Å². The third-order valence-electron chi connectivity index (χ3n) is 3.99. The molecule has 1 aromatic rings. The van der Waals surface area contributed by atoms with E-state index in [-0.39, 0.29) is 6.04 Å². The van der Waals surface area contributed by atoms with E-state index < -0.39 is 5.72 Å². The molecule has 1 N–H and O–H groups in total. The third kappa shape index (κ3) is 2.30. The van der Waals surface area contributed by atoms with Crippen molar-refractivity contribution in [2.45, 2.75) is 25.1 Å². The largest absolute Gasteiger partial charge is 0.497 e. The summed E-state index contributed by atoms with van der Waals surface area (Å²) in [4.78, 5) is 2.03. The maximum atomic E-state index is 6.30. The Kier molecular flexibility index (Phi) is 3.61. The Labute approximate surface area is 138 Å². The van der Waals surface area contributed by atoms with Crippen LogP contribution in [0.3, 0.4) is 0 Å². The zero-order chi connectivity index (χ0) is 15.2. The van der Waals surface area contributed by atoms with Gasteiger partial charge in [0, 0.05) is 18.5 Å². The summed E-state index contributed by atoms with van der Waals surface area (Å²) in [5.41, 5.74) is 0.602. The van der Waals surface area contributed by atoms with E-state index in [2.05, 4.69) is 34.7 Å². The molecule has 0 saturated carbocycles. The molecule has 2 heterocycles. The molecule has 0 radical (unpaired) electrons. The van der Waals surface area contributed by atoms with Crippen LogP contribution in [0.4, 0.5) is 0 Å². The Balaban J connectivity index is 2.08. The maximum absolute atomic E-state index is 6.30. The second-order valence-corrected chi connectivity index (χ2v) is 6.65. The molecule has 1 aromatic carbocycles. The van der Waals surface area contributed by atoms with Crippen molar-refractivity contribution >= 4 is 33.3 Å². The number of nitrogens with zero attached hydrogens (tertiary/aromatic N) is 1. The molecule has 3 rings (SSSR count). The van der Waals surface area contributed by atoms with Crippen molar-refractivity contribution in [2.24, 2.45) is 0 Å². The van der Waals surface area contributed by atoms with Crippen molar-refractivity contribution in [3.63, 3.8) is 0 Å². The molecule has 2 bridgehead atoms. The van der Waals surface area contributed by atoms with Gasteiger partial charge in [0.25, 0.3) is 0 Å². The van der Waals surface area contributed by atoms with E-state index in [4.69, 9.17) is 21.7 Å². The second kappa shape index (κ2) is 5.18. The Hall–Kier alpha value is -1.27. The van der Waals surface area contributed by atoms with E-state index in [0.717, 1.165) is 28.0 Å². The lowest BCUT2D eigenvalue weighted by Gasteiger charge is -2.52. The molecule has 0 aliphatic carbocycles.